The van der Waals surface area contributed by atoms with Crippen molar-refractivity contribution >= 4 is 11.9 Å². The van der Waals surface area contributed by atoms with Gasteiger partial charge >= 0.3 is 18.3 Å². The largest absolute Gasteiger partial charge is 0.456 e. The van der Waals surface area contributed by atoms with Gasteiger partial charge in [-0.15, -0.1) is 0 Å². The minimum absolute atomic E-state index is 0.0455. The summed E-state index contributed by atoms with van der Waals surface area (Å²) in [4.78, 5) is 22.8. The Morgan fingerprint density at radius 3 is 2.03 bits per heavy atom. The molecule has 12 heteroatoms. The highest BCUT2D eigenvalue weighted by Gasteiger charge is 2.38. The van der Waals surface area contributed by atoms with E-state index in [9.17, 15) is 35.9 Å². The van der Waals surface area contributed by atoms with Crippen LogP contribution in [-0.4, -0.2) is 43.2 Å². The first-order chi connectivity index (χ1) is 17.3. The third-order valence-electron chi connectivity index (χ3n) is 6.09. The molecule has 1 heterocycles. The molecule has 1 amide bonds. The molecule has 1 N–H and O–H groups in total. The van der Waals surface area contributed by atoms with E-state index >= 15 is 0 Å². The topological polar surface area (TPSA) is 67.9 Å². The van der Waals surface area contributed by atoms with E-state index in [2.05, 4.69) is 10.2 Å². The Morgan fingerprint density at radius 2 is 1.51 bits per heavy atom. The van der Waals surface area contributed by atoms with Crippen LogP contribution < -0.4 is 5.43 Å². The van der Waals surface area contributed by atoms with Crippen molar-refractivity contribution in [3.8, 4) is 0 Å². The number of benzene rings is 2. The molecule has 2 aromatic carbocycles. The van der Waals surface area contributed by atoms with Crippen LogP contribution in [0.1, 0.15) is 42.0 Å². The highest BCUT2D eigenvalue weighted by molar-refractivity contribution is 5.79. The lowest BCUT2D eigenvalue weighted by Crippen LogP contribution is -2.52. The van der Waals surface area contributed by atoms with Gasteiger partial charge in [-0.05, 0) is 42.2 Å². The molecule has 0 bridgehead atoms. The van der Waals surface area contributed by atoms with Gasteiger partial charge in [0.05, 0.1) is 24.3 Å². The van der Waals surface area contributed by atoms with Gasteiger partial charge in [0, 0.05) is 25.4 Å². The maximum Gasteiger partial charge on any atom is 0.416 e. The van der Waals surface area contributed by atoms with Crippen molar-refractivity contribution in [2.75, 3.05) is 26.3 Å². The number of carbonyl (C=O) groups is 2. The van der Waals surface area contributed by atoms with Crippen molar-refractivity contribution in [1.82, 2.24) is 10.4 Å². The molecule has 0 radical (unpaired) electrons. The number of alkyl halides is 6. The number of piperidine rings is 1. The Bertz CT molecular complexity index is 1050. The van der Waals surface area contributed by atoms with E-state index in [1.54, 1.807) is 5.01 Å². The van der Waals surface area contributed by atoms with Gasteiger partial charge in [0.2, 0.25) is 0 Å². The summed E-state index contributed by atoms with van der Waals surface area (Å²) in [5, 5.41) is 1.66. The maximum atomic E-state index is 13.2. The molecule has 1 saturated heterocycles. The number of rotatable bonds is 8. The Kier molecular flexibility index (Phi) is 8.85. The van der Waals surface area contributed by atoms with Crippen LogP contribution in [0.2, 0.25) is 0 Å². The van der Waals surface area contributed by atoms with Crippen molar-refractivity contribution in [1.29, 1.82) is 0 Å². The predicted molar refractivity (Wildman–Crippen MR) is 120 cm³/mol. The highest BCUT2D eigenvalue weighted by Crippen LogP contribution is 2.38. The lowest BCUT2D eigenvalue weighted by Gasteiger charge is -2.42. The molecule has 0 spiro atoms. The van der Waals surface area contributed by atoms with Gasteiger partial charge < -0.3 is 9.47 Å². The SMILES string of the molecule is CC(=O)OCC(=O)NN1CCC(COCc2cc(C(F)(F)F)cc(C(F)(F)F)c2)(c2ccccc2)CC1. The summed E-state index contributed by atoms with van der Waals surface area (Å²) in [6.45, 7) is 1.16. The fraction of sp³-hybridized carbons (Fsp3) is 0.440. The third kappa shape index (κ3) is 7.93. The number of ether oxygens (including phenoxy) is 2. The number of hydrogen-bond donors (Lipinski definition) is 1. The Balaban J connectivity index is 1.71. The molecule has 0 aromatic heterocycles. The first-order valence-corrected chi connectivity index (χ1v) is 11.4. The molecule has 202 valence electrons. The Labute approximate surface area is 209 Å². The van der Waals surface area contributed by atoms with E-state index < -0.39 is 54.0 Å². The second-order valence-electron chi connectivity index (χ2n) is 8.86. The number of carbonyl (C=O) groups excluding carboxylic acids is 2. The molecule has 1 aliphatic rings. The van der Waals surface area contributed by atoms with Crippen LogP contribution in [-0.2, 0) is 43.4 Å². The van der Waals surface area contributed by atoms with E-state index in [0.29, 0.717) is 38.1 Å². The number of nitrogens with zero attached hydrogens (tertiary/aromatic N) is 1. The molecule has 6 nitrogen and oxygen atoms in total. The van der Waals surface area contributed by atoms with Crippen LogP contribution in [0.15, 0.2) is 48.5 Å². The van der Waals surface area contributed by atoms with Crippen LogP contribution in [0.25, 0.3) is 0 Å². The molecule has 0 atom stereocenters. The second-order valence-corrected chi connectivity index (χ2v) is 8.86. The van der Waals surface area contributed by atoms with E-state index in [1.165, 1.54) is 6.92 Å². The van der Waals surface area contributed by atoms with Gasteiger partial charge in [-0.2, -0.15) is 26.3 Å². The van der Waals surface area contributed by atoms with Gasteiger partial charge in [0.1, 0.15) is 0 Å². The molecule has 1 aliphatic heterocycles. The lowest BCUT2D eigenvalue weighted by atomic mass is 9.73. The number of hydrazine groups is 1. The quantitative estimate of drug-likeness (QED) is 0.388. The van der Waals surface area contributed by atoms with Crippen molar-refractivity contribution < 1.29 is 45.4 Å². The van der Waals surface area contributed by atoms with E-state index in [4.69, 9.17) is 4.74 Å². The number of halogens is 6. The smallest absolute Gasteiger partial charge is 0.416 e. The fourth-order valence-electron chi connectivity index (χ4n) is 4.20. The third-order valence-corrected chi connectivity index (χ3v) is 6.09. The van der Waals surface area contributed by atoms with Crippen molar-refractivity contribution in [3.05, 3.63) is 70.8 Å². The zero-order valence-corrected chi connectivity index (χ0v) is 19.9. The summed E-state index contributed by atoms with van der Waals surface area (Å²) in [6, 6.07) is 10.6. The zero-order valence-electron chi connectivity index (χ0n) is 19.9. The average molecular weight is 532 g/mol. The maximum absolute atomic E-state index is 13.2. The molecule has 3 rings (SSSR count). The summed E-state index contributed by atoms with van der Waals surface area (Å²) in [6.07, 6.45) is -8.90. The van der Waals surface area contributed by atoms with Crippen LogP contribution in [0.5, 0.6) is 0 Å². The number of esters is 1. The van der Waals surface area contributed by atoms with Crippen LogP contribution in [0.4, 0.5) is 26.3 Å². The van der Waals surface area contributed by atoms with Crippen LogP contribution in [0, 0.1) is 0 Å². The minimum atomic E-state index is -4.94. The van der Waals surface area contributed by atoms with Crippen molar-refractivity contribution in [2.45, 2.75) is 44.1 Å². The second kappa shape index (κ2) is 11.5. The monoisotopic (exact) mass is 532 g/mol. The molecular weight excluding hydrogens is 506 g/mol. The van der Waals surface area contributed by atoms with E-state index in [1.807, 2.05) is 30.3 Å². The van der Waals surface area contributed by atoms with Gasteiger partial charge in [0.15, 0.2) is 6.61 Å². The first-order valence-electron chi connectivity index (χ1n) is 11.4. The zero-order chi connectivity index (χ0) is 27.3. The van der Waals surface area contributed by atoms with E-state index in [-0.39, 0.29) is 18.2 Å². The lowest BCUT2D eigenvalue weighted by molar-refractivity contribution is -0.148. The van der Waals surface area contributed by atoms with Gasteiger partial charge in [0.25, 0.3) is 5.91 Å². The van der Waals surface area contributed by atoms with Gasteiger partial charge in [-0.3, -0.25) is 15.0 Å². The molecule has 2 aromatic rings. The fourth-order valence-corrected chi connectivity index (χ4v) is 4.20. The average Bonchev–Trinajstić information content (AvgIpc) is 2.83. The Hall–Kier alpha value is -3.12. The highest BCUT2D eigenvalue weighted by atomic mass is 19.4. The normalized spacial score (nSPS) is 16.3. The number of amides is 1. The molecule has 0 aliphatic carbocycles. The molecular formula is C25H26F6N2O4. The van der Waals surface area contributed by atoms with Gasteiger partial charge in [-0.25, -0.2) is 5.01 Å². The molecule has 37 heavy (non-hydrogen) atoms. The summed E-state index contributed by atoms with van der Waals surface area (Å²) < 4.78 is 89.5. The van der Waals surface area contributed by atoms with Crippen LogP contribution >= 0.6 is 0 Å². The van der Waals surface area contributed by atoms with Crippen molar-refractivity contribution in [3.63, 3.8) is 0 Å². The molecule has 0 saturated carbocycles. The first kappa shape index (κ1) is 28.5. The van der Waals surface area contributed by atoms with E-state index in [0.717, 1.165) is 5.56 Å². The molecule has 0 unspecified atom stereocenters. The minimum Gasteiger partial charge on any atom is -0.456 e. The van der Waals surface area contributed by atoms with Crippen molar-refractivity contribution in [2.24, 2.45) is 0 Å². The molecule has 1 fully saturated rings. The number of hydrogen-bond acceptors (Lipinski definition) is 5. The summed E-state index contributed by atoms with van der Waals surface area (Å²) in [5.74, 6) is -1.08. The Morgan fingerprint density at radius 1 is 0.946 bits per heavy atom. The summed E-state index contributed by atoms with van der Waals surface area (Å²) in [5.41, 5.74) is -0.0434. The summed E-state index contributed by atoms with van der Waals surface area (Å²) >= 11 is 0. The predicted octanol–water partition coefficient (Wildman–Crippen LogP) is 4.87. The summed E-state index contributed by atoms with van der Waals surface area (Å²) in [7, 11) is 0. The number of nitrogens with one attached hydrogen (secondary N) is 1. The van der Waals surface area contributed by atoms with Gasteiger partial charge in [-0.1, -0.05) is 30.3 Å². The van der Waals surface area contributed by atoms with Crippen LogP contribution in [0.3, 0.4) is 0 Å². The standard InChI is InChI=1S/C25H26F6N2O4/c1-17(34)37-15-22(35)32-33-9-7-23(8-10-33,19-5-3-2-4-6-19)16-36-14-18-11-20(24(26,27)28)13-21(12-18)25(29,30)31/h2-6,11-13H,7-10,14-16H2,1H3,(H,32,35).